The molecule has 21 nitrogen and oxygen atoms in total. The van der Waals surface area contributed by atoms with E-state index >= 15 is 0 Å². The van der Waals surface area contributed by atoms with Crippen LogP contribution in [0, 0.1) is 71.0 Å². The average molecular weight is 983 g/mol. The zero-order valence-electron chi connectivity index (χ0n) is 37.7. The maximum Gasteiger partial charge on any atom is 0.338 e. The minimum atomic E-state index is -0.800. The van der Waals surface area contributed by atoms with Crippen molar-refractivity contribution in [1.82, 2.24) is 0 Å². The predicted molar refractivity (Wildman–Crippen MR) is 235 cm³/mol. The number of hydrogen-bond donors (Lipinski definition) is 2. The lowest BCUT2D eigenvalue weighted by molar-refractivity contribution is -0.159. The summed E-state index contributed by atoms with van der Waals surface area (Å²) in [5, 5.41) is 18.3. The summed E-state index contributed by atoms with van der Waals surface area (Å²) in [5.41, 5.74) is 0.616. The van der Waals surface area contributed by atoms with Gasteiger partial charge in [-0.15, -0.1) is 0 Å². The van der Waals surface area contributed by atoms with Gasteiger partial charge in [-0.1, -0.05) is 57.0 Å². The molecular formula is C49H58O21. The topological polar surface area (TPSA) is 320 Å². The van der Waals surface area contributed by atoms with Crippen LogP contribution < -0.4 is 0 Å². The molecule has 21 heteroatoms. The minimum absolute atomic E-state index is 0. The van der Waals surface area contributed by atoms with Crippen molar-refractivity contribution >= 4 is 59.7 Å². The van der Waals surface area contributed by atoms with Crippen LogP contribution in [0.2, 0.25) is 0 Å². The van der Waals surface area contributed by atoms with Crippen molar-refractivity contribution in [3.8, 4) is 0 Å². The molecule has 5 heterocycles. The molecule has 0 aromatic carbocycles. The molecule has 6 bridgehead atoms. The standard InChI is InChI=1S/C15H18O7.C9H8O4.C9H8O3.C6H10O3.C5H6.C4H2O3.CH4.H2O/c1-6(2)13(17)20-3-4-21-14(18)9-7-5-8-10(9)15(19)22-12(8)11(7)16;10-8-4-2-1-3(7-6(2)12-7)5(4)9(11)13-8;10-8-6-4-1-2-5(3-4)7(6)9(11)12-8;1-5(2)6(8)9-4-3-7;1-2-4-5-3-1;5-3-1-2-4(6)7-3;;/h7-12,16H,1,3-5H2,2H3;2-7H,1H2;1-2,4-7H,3H2;7H,1,3-4H2,2H3;1-4H,5H2;1-2H;1H4;1H2. The van der Waals surface area contributed by atoms with Gasteiger partial charge in [0, 0.05) is 47.0 Å². The van der Waals surface area contributed by atoms with Gasteiger partial charge in [0.2, 0.25) is 0 Å². The van der Waals surface area contributed by atoms with Crippen LogP contribution in [0.1, 0.15) is 47.0 Å². The Morgan fingerprint density at radius 2 is 1.07 bits per heavy atom. The van der Waals surface area contributed by atoms with Crippen LogP contribution in [-0.2, 0) is 85.8 Å². The molecular weight excluding hydrogens is 925 g/mol. The maximum atomic E-state index is 12.2. The Labute approximate surface area is 402 Å². The summed E-state index contributed by atoms with van der Waals surface area (Å²) in [5.74, 6) is -5.43. The first-order chi connectivity index (χ1) is 32.4. The van der Waals surface area contributed by atoms with Crippen LogP contribution >= 0.6 is 0 Å². The van der Waals surface area contributed by atoms with E-state index in [0.717, 1.165) is 31.4 Å². The Hall–Kier alpha value is -6.42. The summed E-state index contributed by atoms with van der Waals surface area (Å²) < 4.78 is 38.1. The lowest BCUT2D eigenvalue weighted by Crippen LogP contribution is -2.41. The van der Waals surface area contributed by atoms with Crippen molar-refractivity contribution in [2.24, 2.45) is 71.0 Å². The highest BCUT2D eigenvalue weighted by Gasteiger charge is 2.73. The smallest absolute Gasteiger partial charge is 0.338 e. The van der Waals surface area contributed by atoms with E-state index in [2.05, 4.69) is 56.4 Å². The SMILES string of the molecule is C.C1=CCC=C1.C=C(C)C(=O)OCCO.C=C(C)C(=O)OCCOC(=O)C1C2CC3C(OC(=O)C31)C2O.O.O=C1C=CC(=O)O1.O=C1OC(=O)C2C3C=CC(C3)C12.O=C1OC(=O)C2C3CC(C4OC34)C12. The number of hydrogen-bond acceptors (Lipinski definition) is 20. The second-order valence-corrected chi connectivity index (χ2v) is 18.1. The first kappa shape index (κ1) is 54.5. The van der Waals surface area contributed by atoms with E-state index in [1.54, 1.807) is 6.92 Å². The number of carbonyl (C=O) groups is 10. The molecule has 4 N–H and O–H groups in total. The number of carbonyl (C=O) groups excluding carboxylic acids is 10. The van der Waals surface area contributed by atoms with Crippen molar-refractivity contribution in [3.05, 3.63) is 72.9 Å². The van der Waals surface area contributed by atoms with Crippen LogP contribution in [0.25, 0.3) is 0 Å². The van der Waals surface area contributed by atoms with E-state index in [1.807, 2.05) is 12.2 Å². The highest BCUT2D eigenvalue weighted by Crippen LogP contribution is 2.63. The largest absolute Gasteiger partial charge is 0.462 e. The second-order valence-electron chi connectivity index (χ2n) is 18.1. The summed E-state index contributed by atoms with van der Waals surface area (Å²) in [6, 6.07) is 0. The van der Waals surface area contributed by atoms with Gasteiger partial charge in [0.1, 0.15) is 25.9 Å². The van der Waals surface area contributed by atoms with Gasteiger partial charge in [0.05, 0.1) is 60.4 Å². The first-order valence-corrected chi connectivity index (χ1v) is 22.3. The van der Waals surface area contributed by atoms with Crippen molar-refractivity contribution in [1.29, 1.82) is 0 Å². The number of rotatable bonds is 8. The number of fused-ring (bicyclic) bond motifs is 14. The number of allylic oxidation sites excluding steroid dienone is 6. The molecule has 0 radical (unpaired) electrons. The van der Waals surface area contributed by atoms with E-state index in [9.17, 15) is 53.1 Å². The fourth-order valence-corrected chi connectivity index (χ4v) is 11.0. The summed E-state index contributed by atoms with van der Waals surface area (Å²) in [6.07, 6.45) is 17.6. The Morgan fingerprint density at radius 3 is 1.51 bits per heavy atom. The molecule has 380 valence electrons. The van der Waals surface area contributed by atoms with Crippen molar-refractivity contribution < 1.29 is 102 Å². The van der Waals surface area contributed by atoms with Crippen LogP contribution in [0.3, 0.4) is 0 Å². The van der Waals surface area contributed by atoms with Gasteiger partial charge in [-0.3, -0.25) is 28.8 Å². The summed E-state index contributed by atoms with van der Waals surface area (Å²) in [4.78, 5) is 111. The minimum Gasteiger partial charge on any atom is -0.462 e. The van der Waals surface area contributed by atoms with E-state index in [1.165, 1.54) is 6.92 Å². The van der Waals surface area contributed by atoms with Crippen LogP contribution in [0.15, 0.2) is 72.9 Å². The highest BCUT2D eigenvalue weighted by atomic mass is 16.6. The quantitative estimate of drug-likeness (QED) is 0.0654. The molecule has 12 aliphatic rings. The van der Waals surface area contributed by atoms with E-state index < -0.39 is 59.9 Å². The van der Waals surface area contributed by atoms with E-state index in [0.29, 0.717) is 12.0 Å². The van der Waals surface area contributed by atoms with Gasteiger partial charge < -0.3 is 53.6 Å². The lowest BCUT2D eigenvalue weighted by Gasteiger charge is -2.26. The normalized spacial score (nSPS) is 35.6. The predicted octanol–water partition coefficient (Wildman–Crippen LogP) is 1.08. The molecule has 5 aliphatic heterocycles. The van der Waals surface area contributed by atoms with Gasteiger partial charge in [-0.25, -0.2) is 19.2 Å². The zero-order valence-corrected chi connectivity index (χ0v) is 37.7. The fourth-order valence-electron chi connectivity index (χ4n) is 11.0. The Morgan fingerprint density at radius 1 is 0.614 bits per heavy atom. The Balaban J connectivity index is 0.000000165. The maximum absolute atomic E-state index is 12.2. The molecule has 12 rings (SSSR count). The number of esters is 10. The van der Waals surface area contributed by atoms with Crippen molar-refractivity contribution in [3.63, 3.8) is 0 Å². The third kappa shape index (κ3) is 11.3. The number of epoxide rings is 1. The average Bonchev–Trinajstić information content (AvgIpc) is 4.16. The molecule has 5 saturated carbocycles. The molecule has 0 aromatic heterocycles. The van der Waals surface area contributed by atoms with Crippen LogP contribution in [-0.4, -0.2) is 126 Å². The molecule has 0 amide bonds. The third-order valence-electron chi connectivity index (χ3n) is 13.9. The van der Waals surface area contributed by atoms with Gasteiger partial charge in [0.15, 0.2) is 0 Å². The molecule has 7 aliphatic carbocycles. The van der Waals surface area contributed by atoms with Gasteiger partial charge in [-0.2, -0.15) is 0 Å². The Bertz CT molecular complexity index is 2190. The zero-order chi connectivity index (χ0) is 49.1. The van der Waals surface area contributed by atoms with E-state index in [4.69, 9.17) is 24.1 Å². The van der Waals surface area contributed by atoms with Crippen molar-refractivity contribution in [2.75, 3.05) is 26.4 Å². The van der Waals surface area contributed by atoms with Gasteiger partial charge >= 0.3 is 59.7 Å². The summed E-state index contributed by atoms with van der Waals surface area (Å²) in [7, 11) is 0. The van der Waals surface area contributed by atoms with Crippen LogP contribution in [0.4, 0.5) is 0 Å². The number of ether oxygens (including phenoxy) is 8. The monoisotopic (exact) mass is 982 g/mol. The second kappa shape index (κ2) is 23.0. The lowest BCUT2D eigenvalue weighted by atomic mass is 9.78. The summed E-state index contributed by atoms with van der Waals surface area (Å²) in [6.45, 7) is 9.61. The van der Waals surface area contributed by atoms with Crippen molar-refractivity contribution in [2.45, 2.75) is 71.4 Å². The molecule has 9 fully saturated rings. The van der Waals surface area contributed by atoms with Gasteiger partial charge in [0.25, 0.3) is 0 Å². The number of aliphatic hydroxyl groups excluding tert-OH is 2. The Kier molecular flexibility index (Phi) is 17.9. The van der Waals surface area contributed by atoms with Gasteiger partial charge in [-0.05, 0) is 51.4 Å². The molecule has 0 aromatic rings. The molecule has 16 unspecified atom stereocenters. The molecule has 0 spiro atoms. The number of cyclic esters (lactones) is 6. The fraction of sp³-hybridized carbons (Fsp3) is 0.551. The number of aliphatic hydroxyl groups is 2. The molecule has 16 atom stereocenters. The summed E-state index contributed by atoms with van der Waals surface area (Å²) >= 11 is 0. The molecule has 70 heavy (non-hydrogen) atoms. The molecule has 4 saturated heterocycles. The third-order valence-corrected chi connectivity index (χ3v) is 13.9. The van der Waals surface area contributed by atoms with Crippen LogP contribution in [0.5, 0.6) is 0 Å². The van der Waals surface area contributed by atoms with E-state index in [-0.39, 0.29) is 140 Å². The first-order valence-electron chi connectivity index (χ1n) is 22.3. The highest BCUT2D eigenvalue weighted by molar-refractivity contribution is 6.05.